The molecule has 0 spiro atoms. The van der Waals surface area contributed by atoms with Crippen LogP contribution in [0.2, 0.25) is 0 Å². The number of carbonyl (C=O) groups is 1. The number of carbonyl (C=O) groups excluding carboxylic acids is 1. The van der Waals surface area contributed by atoms with Crippen LogP contribution in [-0.4, -0.2) is 11.6 Å². The first kappa shape index (κ1) is 13.1. The fourth-order valence-electron chi connectivity index (χ4n) is 0.855. The van der Waals surface area contributed by atoms with Crippen LogP contribution < -0.4 is 0 Å². The molecule has 0 aliphatic carbocycles. The summed E-state index contributed by atoms with van der Waals surface area (Å²) in [6.45, 7) is 10.7. The van der Waals surface area contributed by atoms with Gasteiger partial charge in [0.05, 0.1) is 0 Å². The number of hydrogen-bond acceptors (Lipinski definition) is 4. The number of rotatable bonds is 6. The maximum absolute atomic E-state index is 10.9. The SMILES string of the molecule is C=C(C)C(=O)OOOC(C)(C)CCC. The van der Waals surface area contributed by atoms with Gasteiger partial charge in [0, 0.05) is 5.57 Å². The van der Waals surface area contributed by atoms with E-state index in [2.05, 4.69) is 16.5 Å². The minimum Gasteiger partial charge on any atom is -0.264 e. The Morgan fingerprint density at radius 2 is 2.00 bits per heavy atom. The monoisotopic (exact) mass is 202 g/mol. The Labute approximate surface area is 84.7 Å². The van der Waals surface area contributed by atoms with Crippen LogP contribution in [0, 0.1) is 0 Å². The molecule has 0 radical (unpaired) electrons. The second kappa shape index (κ2) is 5.78. The molecule has 0 aliphatic heterocycles. The summed E-state index contributed by atoms with van der Waals surface area (Å²) < 4.78 is 0. The van der Waals surface area contributed by atoms with Crippen molar-refractivity contribution in [1.29, 1.82) is 0 Å². The maximum atomic E-state index is 10.9. The Hall–Kier alpha value is -0.870. The minimum atomic E-state index is -0.628. The lowest BCUT2D eigenvalue weighted by molar-refractivity contribution is -0.516. The van der Waals surface area contributed by atoms with E-state index in [1.54, 1.807) is 0 Å². The third-order valence-corrected chi connectivity index (χ3v) is 1.57. The Bertz CT molecular complexity index is 208. The Balaban J connectivity index is 3.73. The van der Waals surface area contributed by atoms with E-state index >= 15 is 0 Å². The van der Waals surface area contributed by atoms with Gasteiger partial charge in [-0.2, -0.15) is 4.89 Å². The lowest BCUT2D eigenvalue weighted by atomic mass is 10.0. The standard InChI is InChI=1S/C10H18O4/c1-6-7-10(4,5)13-14-12-9(11)8(2)3/h2,6-7H2,1,3-5H3. The molecule has 0 bridgehead atoms. The summed E-state index contributed by atoms with van der Waals surface area (Å²) in [6.07, 6.45) is 1.78. The summed E-state index contributed by atoms with van der Waals surface area (Å²) in [4.78, 5) is 20.1. The summed E-state index contributed by atoms with van der Waals surface area (Å²) in [7, 11) is 0. The van der Waals surface area contributed by atoms with E-state index in [1.807, 2.05) is 20.8 Å². The van der Waals surface area contributed by atoms with Gasteiger partial charge < -0.3 is 0 Å². The average molecular weight is 202 g/mol. The van der Waals surface area contributed by atoms with E-state index in [4.69, 9.17) is 4.89 Å². The first-order valence-electron chi connectivity index (χ1n) is 4.61. The van der Waals surface area contributed by atoms with E-state index < -0.39 is 11.6 Å². The summed E-state index contributed by atoms with van der Waals surface area (Å²) in [5, 5.41) is 4.36. The molecule has 14 heavy (non-hydrogen) atoms. The van der Waals surface area contributed by atoms with E-state index in [-0.39, 0.29) is 5.57 Å². The van der Waals surface area contributed by atoms with Gasteiger partial charge in [0.25, 0.3) is 0 Å². The van der Waals surface area contributed by atoms with E-state index in [0.29, 0.717) is 0 Å². The second-order valence-electron chi connectivity index (χ2n) is 3.81. The zero-order valence-corrected chi connectivity index (χ0v) is 9.25. The molecule has 0 atom stereocenters. The average Bonchev–Trinajstić information content (AvgIpc) is 2.03. The highest BCUT2D eigenvalue weighted by Crippen LogP contribution is 2.16. The molecule has 0 saturated carbocycles. The molecule has 0 aromatic carbocycles. The normalized spacial score (nSPS) is 11.1. The van der Waals surface area contributed by atoms with Gasteiger partial charge in [0.2, 0.25) is 0 Å². The van der Waals surface area contributed by atoms with Gasteiger partial charge in [-0.1, -0.05) is 19.9 Å². The van der Waals surface area contributed by atoms with Crippen molar-refractivity contribution in [1.82, 2.24) is 0 Å². The first-order valence-corrected chi connectivity index (χ1v) is 4.61. The molecule has 0 fully saturated rings. The van der Waals surface area contributed by atoms with Crippen LogP contribution in [0.4, 0.5) is 0 Å². The van der Waals surface area contributed by atoms with Crippen LogP contribution in [0.25, 0.3) is 0 Å². The predicted octanol–water partition coefficient (Wildman–Crippen LogP) is 2.55. The summed E-state index contributed by atoms with van der Waals surface area (Å²) in [5.41, 5.74) is -0.189. The molecule has 0 amide bonds. The van der Waals surface area contributed by atoms with Crippen molar-refractivity contribution in [2.45, 2.75) is 46.1 Å². The zero-order chi connectivity index (χ0) is 11.2. The van der Waals surface area contributed by atoms with Gasteiger partial charge in [-0.15, -0.1) is 0 Å². The Morgan fingerprint density at radius 3 is 2.43 bits per heavy atom. The summed E-state index contributed by atoms with van der Waals surface area (Å²) >= 11 is 0. The largest absolute Gasteiger partial charge is 0.371 e. The van der Waals surface area contributed by atoms with Crippen LogP contribution in [0.15, 0.2) is 12.2 Å². The molecule has 0 N–H and O–H groups in total. The molecular formula is C10H18O4. The molecule has 0 aromatic rings. The topological polar surface area (TPSA) is 44.8 Å². The maximum Gasteiger partial charge on any atom is 0.371 e. The predicted molar refractivity (Wildman–Crippen MR) is 52.1 cm³/mol. The molecule has 82 valence electrons. The highest BCUT2D eigenvalue weighted by Gasteiger charge is 2.20. The Kier molecular flexibility index (Phi) is 5.42. The molecule has 0 unspecified atom stereocenters. The van der Waals surface area contributed by atoms with Gasteiger partial charge >= 0.3 is 5.97 Å². The van der Waals surface area contributed by atoms with Gasteiger partial charge in [0.1, 0.15) is 5.60 Å². The van der Waals surface area contributed by atoms with Crippen molar-refractivity contribution in [3.05, 3.63) is 12.2 Å². The van der Waals surface area contributed by atoms with Gasteiger partial charge in [-0.25, -0.2) is 4.79 Å². The highest BCUT2D eigenvalue weighted by atomic mass is 17.5. The Morgan fingerprint density at radius 1 is 1.43 bits per heavy atom. The minimum absolute atomic E-state index is 0.266. The highest BCUT2D eigenvalue weighted by molar-refractivity contribution is 5.86. The molecule has 0 rings (SSSR count). The van der Waals surface area contributed by atoms with Crippen molar-refractivity contribution in [2.24, 2.45) is 0 Å². The summed E-state index contributed by atoms with van der Waals surface area (Å²) in [5.74, 6) is -0.628. The molecule has 0 aliphatic rings. The van der Waals surface area contributed by atoms with Gasteiger partial charge in [-0.05, 0) is 32.2 Å². The van der Waals surface area contributed by atoms with Crippen molar-refractivity contribution in [2.75, 3.05) is 0 Å². The van der Waals surface area contributed by atoms with E-state index in [1.165, 1.54) is 6.92 Å². The fraction of sp³-hybridized carbons (Fsp3) is 0.700. The van der Waals surface area contributed by atoms with Crippen molar-refractivity contribution in [3.8, 4) is 0 Å². The quantitative estimate of drug-likeness (QED) is 0.377. The lowest BCUT2D eigenvalue weighted by Crippen LogP contribution is -2.25. The molecule has 0 heterocycles. The third kappa shape index (κ3) is 5.72. The lowest BCUT2D eigenvalue weighted by Gasteiger charge is -2.20. The molecule has 0 aromatic heterocycles. The molecule has 4 heteroatoms. The van der Waals surface area contributed by atoms with Gasteiger partial charge in [0.15, 0.2) is 0 Å². The van der Waals surface area contributed by atoms with Crippen molar-refractivity contribution < 1.29 is 19.6 Å². The van der Waals surface area contributed by atoms with E-state index in [9.17, 15) is 4.79 Å². The molecule has 4 nitrogen and oxygen atoms in total. The second-order valence-corrected chi connectivity index (χ2v) is 3.81. The first-order chi connectivity index (χ1) is 6.39. The van der Waals surface area contributed by atoms with Crippen LogP contribution in [-0.2, 0) is 19.6 Å². The van der Waals surface area contributed by atoms with Crippen molar-refractivity contribution >= 4 is 5.97 Å². The third-order valence-electron chi connectivity index (χ3n) is 1.57. The number of hydrogen-bond donors (Lipinski definition) is 0. The van der Waals surface area contributed by atoms with Crippen molar-refractivity contribution in [3.63, 3.8) is 0 Å². The van der Waals surface area contributed by atoms with E-state index in [0.717, 1.165) is 12.8 Å². The van der Waals surface area contributed by atoms with Crippen LogP contribution in [0.3, 0.4) is 0 Å². The van der Waals surface area contributed by atoms with Crippen LogP contribution >= 0.6 is 0 Å². The zero-order valence-electron chi connectivity index (χ0n) is 9.25. The van der Waals surface area contributed by atoms with Gasteiger partial charge in [-0.3, -0.25) is 4.89 Å². The molecule has 0 saturated heterocycles. The smallest absolute Gasteiger partial charge is 0.264 e. The molecular weight excluding hydrogens is 184 g/mol. The van der Waals surface area contributed by atoms with Crippen LogP contribution in [0.5, 0.6) is 0 Å². The summed E-state index contributed by atoms with van der Waals surface area (Å²) in [6, 6.07) is 0. The van der Waals surface area contributed by atoms with Crippen LogP contribution in [0.1, 0.15) is 40.5 Å². The fourth-order valence-corrected chi connectivity index (χ4v) is 0.855.